The first-order valence-corrected chi connectivity index (χ1v) is 7.90. The molecule has 0 saturated carbocycles. The van der Waals surface area contributed by atoms with Gasteiger partial charge in [0.25, 0.3) is 5.91 Å². The Morgan fingerprint density at radius 2 is 1.84 bits per heavy atom. The fourth-order valence-electron chi connectivity index (χ4n) is 2.36. The Kier molecular flexibility index (Phi) is 4.74. The molecule has 1 aromatic carbocycles. The van der Waals surface area contributed by atoms with Crippen LogP contribution < -0.4 is 10.1 Å². The summed E-state index contributed by atoms with van der Waals surface area (Å²) in [6.07, 6.45) is 0. The second-order valence-electron chi connectivity index (χ2n) is 5.38. The second-order valence-corrected chi connectivity index (χ2v) is 5.38. The van der Waals surface area contributed by atoms with Crippen molar-refractivity contribution in [3.05, 3.63) is 53.5 Å². The molecule has 128 valence electrons. The van der Waals surface area contributed by atoms with E-state index in [1.807, 2.05) is 37.3 Å². The summed E-state index contributed by atoms with van der Waals surface area (Å²) in [4.78, 5) is 20.9. The van der Waals surface area contributed by atoms with Gasteiger partial charge in [-0.05, 0) is 20.8 Å². The van der Waals surface area contributed by atoms with E-state index in [1.165, 1.54) is 0 Å². The van der Waals surface area contributed by atoms with Gasteiger partial charge in [-0.15, -0.1) is 0 Å². The Labute approximate surface area is 145 Å². The van der Waals surface area contributed by atoms with Crippen LogP contribution >= 0.6 is 0 Å². The van der Waals surface area contributed by atoms with Crippen molar-refractivity contribution in [1.82, 2.24) is 15.1 Å². The van der Waals surface area contributed by atoms with Gasteiger partial charge < -0.3 is 14.6 Å². The molecule has 1 amide bonds. The lowest BCUT2D eigenvalue weighted by Crippen LogP contribution is -2.15. The average Bonchev–Trinajstić information content (AvgIpc) is 3.09. The van der Waals surface area contributed by atoms with Gasteiger partial charge in [0, 0.05) is 11.6 Å². The molecule has 0 spiro atoms. The number of carbonyl (C=O) groups excluding carboxylic acids is 1. The van der Waals surface area contributed by atoms with Crippen LogP contribution in [0.3, 0.4) is 0 Å². The van der Waals surface area contributed by atoms with E-state index >= 15 is 0 Å². The molecule has 2 heterocycles. The van der Waals surface area contributed by atoms with Crippen LogP contribution in [-0.4, -0.2) is 27.6 Å². The lowest BCUT2D eigenvalue weighted by molar-refractivity contribution is 0.101. The number of aryl methyl sites for hydroxylation is 2. The fraction of sp³-hybridized carbons (Fsp3) is 0.222. The van der Waals surface area contributed by atoms with Crippen LogP contribution in [0.2, 0.25) is 0 Å². The molecule has 7 heteroatoms. The molecule has 1 N–H and O–H groups in total. The molecule has 3 aromatic rings. The number of carbonyl (C=O) groups is 1. The van der Waals surface area contributed by atoms with Gasteiger partial charge >= 0.3 is 6.01 Å². The maximum atomic E-state index is 12.5. The molecule has 0 radical (unpaired) electrons. The summed E-state index contributed by atoms with van der Waals surface area (Å²) in [7, 11) is 0. The standard InChI is InChI=1S/C18H18N4O3/c1-4-24-18-19-11(2)16(12(3)20-18)21-17(23)14-10-15(25-22-14)13-8-6-5-7-9-13/h5-10H,4H2,1-3H3,(H,21,23). The van der Waals surface area contributed by atoms with Gasteiger partial charge in [-0.3, -0.25) is 4.79 Å². The SMILES string of the molecule is CCOc1nc(C)c(NC(=O)c2cc(-c3ccccc3)on2)c(C)n1. The van der Waals surface area contributed by atoms with E-state index in [9.17, 15) is 4.79 Å². The molecule has 0 aliphatic rings. The predicted molar refractivity (Wildman–Crippen MR) is 92.6 cm³/mol. The van der Waals surface area contributed by atoms with Gasteiger partial charge in [-0.25, -0.2) is 0 Å². The number of rotatable bonds is 5. The van der Waals surface area contributed by atoms with Gasteiger partial charge in [0.15, 0.2) is 11.5 Å². The molecular formula is C18H18N4O3. The minimum Gasteiger partial charge on any atom is -0.464 e. The Morgan fingerprint density at radius 1 is 1.16 bits per heavy atom. The van der Waals surface area contributed by atoms with Crippen LogP contribution in [-0.2, 0) is 0 Å². The third-order valence-corrected chi connectivity index (χ3v) is 3.56. The van der Waals surface area contributed by atoms with Gasteiger partial charge in [-0.2, -0.15) is 9.97 Å². The zero-order chi connectivity index (χ0) is 17.8. The van der Waals surface area contributed by atoms with Crippen molar-refractivity contribution in [2.75, 3.05) is 11.9 Å². The van der Waals surface area contributed by atoms with Crippen LogP contribution in [0.1, 0.15) is 28.8 Å². The van der Waals surface area contributed by atoms with Crippen LogP contribution in [0.25, 0.3) is 11.3 Å². The van der Waals surface area contributed by atoms with Crippen molar-refractivity contribution in [2.45, 2.75) is 20.8 Å². The maximum Gasteiger partial charge on any atom is 0.316 e. The van der Waals surface area contributed by atoms with Gasteiger partial charge in [0.05, 0.1) is 23.7 Å². The number of anilines is 1. The van der Waals surface area contributed by atoms with Crippen molar-refractivity contribution < 1.29 is 14.1 Å². The third kappa shape index (κ3) is 3.65. The van der Waals surface area contributed by atoms with Crippen molar-refractivity contribution in [2.24, 2.45) is 0 Å². The first-order chi connectivity index (χ1) is 12.1. The molecule has 0 aliphatic carbocycles. The lowest BCUT2D eigenvalue weighted by atomic mass is 10.1. The van der Waals surface area contributed by atoms with Crippen molar-refractivity contribution in [3.63, 3.8) is 0 Å². The molecule has 0 bridgehead atoms. The number of aromatic nitrogens is 3. The number of nitrogens with one attached hydrogen (secondary N) is 1. The van der Waals surface area contributed by atoms with Crippen LogP contribution in [0.4, 0.5) is 5.69 Å². The topological polar surface area (TPSA) is 90.1 Å². The molecule has 2 aromatic heterocycles. The Morgan fingerprint density at radius 3 is 2.48 bits per heavy atom. The number of hydrogen-bond acceptors (Lipinski definition) is 6. The summed E-state index contributed by atoms with van der Waals surface area (Å²) in [5.41, 5.74) is 2.82. The largest absolute Gasteiger partial charge is 0.464 e. The molecule has 0 fully saturated rings. The van der Waals surface area contributed by atoms with E-state index in [-0.39, 0.29) is 11.6 Å². The maximum absolute atomic E-state index is 12.5. The Hall–Kier alpha value is -3.22. The molecular weight excluding hydrogens is 320 g/mol. The highest BCUT2D eigenvalue weighted by Crippen LogP contribution is 2.22. The van der Waals surface area contributed by atoms with Crippen LogP contribution in [0.5, 0.6) is 6.01 Å². The number of nitrogens with zero attached hydrogens (tertiary/aromatic N) is 3. The van der Waals surface area contributed by atoms with E-state index in [4.69, 9.17) is 9.26 Å². The normalized spacial score (nSPS) is 10.5. The zero-order valence-corrected chi connectivity index (χ0v) is 14.2. The summed E-state index contributed by atoms with van der Waals surface area (Å²) in [5, 5.41) is 6.63. The Balaban J connectivity index is 1.80. The Bertz CT molecular complexity index is 867. The highest BCUT2D eigenvalue weighted by Gasteiger charge is 2.17. The predicted octanol–water partition coefficient (Wildman–Crippen LogP) is 3.40. The number of amides is 1. The minimum atomic E-state index is -0.384. The highest BCUT2D eigenvalue weighted by molar-refractivity contribution is 6.03. The van der Waals surface area contributed by atoms with E-state index in [0.29, 0.717) is 35.5 Å². The third-order valence-electron chi connectivity index (χ3n) is 3.56. The summed E-state index contributed by atoms with van der Waals surface area (Å²) >= 11 is 0. The fourth-order valence-corrected chi connectivity index (χ4v) is 2.36. The van der Waals surface area contributed by atoms with Gasteiger partial charge in [0.2, 0.25) is 0 Å². The highest BCUT2D eigenvalue weighted by atomic mass is 16.5. The average molecular weight is 338 g/mol. The number of hydrogen-bond donors (Lipinski definition) is 1. The smallest absolute Gasteiger partial charge is 0.316 e. The molecule has 3 rings (SSSR count). The van der Waals surface area contributed by atoms with Crippen molar-refractivity contribution >= 4 is 11.6 Å². The molecule has 0 unspecified atom stereocenters. The first-order valence-electron chi connectivity index (χ1n) is 7.90. The number of ether oxygens (including phenoxy) is 1. The summed E-state index contributed by atoms with van der Waals surface area (Å²) in [5.74, 6) is 0.145. The van der Waals surface area contributed by atoms with E-state index < -0.39 is 0 Å². The van der Waals surface area contributed by atoms with Crippen molar-refractivity contribution in [3.8, 4) is 17.3 Å². The molecule has 0 aliphatic heterocycles. The first kappa shape index (κ1) is 16.6. The van der Waals surface area contributed by atoms with Gasteiger partial charge in [0.1, 0.15) is 0 Å². The van der Waals surface area contributed by atoms with E-state index in [1.54, 1.807) is 19.9 Å². The van der Waals surface area contributed by atoms with Crippen molar-refractivity contribution in [1.29, 1.82) is 0 Å². The van der Waals surface area contributed by atoms with Crippen LogP contribution in [0, 0.1) is 13.8 Å². The van der Waals surface area contributed by atoms with Gasteiger partial charge in [-0.1, -0.05) is 35.5 Å². The number of benzene rings is 1. The minimum absolute atomic E-state index is 0.187. The van der Waals surface area contributed by atoms with E-state index in [2.05, 4.69) is 20.4 Å². The summed E-state index contributed by atoms with van der Waals surface area (Å²) in [6.45, 7) is 5.90. The van der Waals surface area contributed by atoms with E-state index in [0.717, 1.165) is 5.56 Å². The van der Waals surface area contributed by atoms with Crippen LogP contribution in [0.15, 0.2) is 40.9 Å². The molecule has 0 saturated heterocycles. The monoisotopic (exact) mass is 338 g/mol. The summed E-state index contributed by atoms with van der Waals surface area (Å²) in [6, 6.07) is 11.4. The second kappa shape index (κ2) is 7.12. The molecule has 7 nitrogen and oxygen atoms in total. The lowest BCUT2D eigenvalue weighted by Gasteiger charge is -2.11. The quantitative estimate of drug-likeness (QED) is 0.767. The molecule has 0 atom stereocenters. The molecule has 25 heavy (non-hydrogen) atoms. The summed E-state index contributed by atoms with van der Waals surface area (Å²) < 4.78 is 10.6. The zero-order valence-electron chi connectivity index (χ0n) is 14.2.